The zero-order chi connectivity index (χ0) is 13.2. The predicted octanol–water partition coefficient (Wildman–Crippen LogP) is 0.943. The summed E-state index contributed by atoms with van der Waals surface area (Å²) in [5.41, 5.74) is 0.667. The number of carbonyl (C=O) groups is 1. The third-order valence-corrected chi connectivity index (χ3v) is 3.20. The van der Waals surface area contributed by atoms with Crippen LogP contribution in [0.5, 0.6) is 0 Å². The smallest absolute Gasteiger partial charge is 0.274 e. The number of nitrogens with one attached hydrogen (secondary N) is 1. The van der Waals surface area contributed by atoms with Crippen molar-refractivity contribution in [3.8, 4) is 0 Å². The summed E-state index contributed by atoms with van der Waals surface area (Å²) in [4.78, 5) is 15.6. The maximum atomic E-state index is 11.7. The van der Waals surface area contributed by atoms with E-state index in [1.807, 2.05) is 0 Å². The molecule has 7 heteroatoms. The van der Waals surface area contributed by atoms with Gasteiger partial charge in [0.05, 0.1) is 11.9 Å². The monoisotopic (exact) mass is 265 g/mol. The number of carbonyl (C=O) groups excluding carboxylic acids is 1. The lowest BCUT2D eigenvalue weighted by Crippen LogP contribution is -2.13. The molecule has 6 nitrogen and oxygen atoms in total. The minimum atomic E-state index is -3.33. The largest absolute Gasteiger partial charge is 0.319 e. The molecule has 0 radical (unpaired) electrons. The molecule has 2 rings (SSSR count). The minimum Gasteiger partial charge on any atom is -0.319 e. The van der Waals surface area contributed by atoms with Crippen LogP contribution < -0.4 is 5.32 Å². The van der Waals surface area contributed by atoms with E-state index in [0.29, 0.717) is 5.69 Å². The summed E-state index contributed by atoms with van der Waals surface area (Å²) >= 11 is 0. The van der Waals surface area contributed by atoms with E-state index in [4.69, 9.17) is 0 Å². The number of pyridine rings is 1. The van der Waals surface area contributed by atoms with Crippen molar-refractivity contribution in [2.24, 2.45) is 0 Å². The lowest BCUT2D eigenvalue weighted by Gasteiger charge is -2.01. The second-order valence-corrected chi connectivity index (χ2v) is 5.55. The van der Waals surface area contributed by atoms with Gasteiger partial charge in [0, 0.05) is 18.6 Å². The molecule has 0 bridgehead atoms. The van der Waals surface area contributed by atoms with Gasteiger partial charge in [-0.1, -0.05) is 6.07 Å². The van der Waals surface area contributed by atoms with E-state index in [-0.39, 0.29) is 11.6 Å². The third-order valence-electron chi connectivity index (χ3n) is 2.21. The summed E-state index contributed by atoms with van der Waals surface area (Å²) < 4.78 is 23.5. The van der Waals surface area contributed by atoms with Gasteiger partial charge in [-0.25, -0.2) is 8.42 Å². The van der Waals surface area contributed by atoms with Crippen LogP contribution in [0.4, 0.5) is 5.69 Å². The highest BCUT2D eigenvalue weighted by Crippen LogP contribution is 2.10. The fourth-order valence-electron chi connectivity index (χ4n) is 1.35. The van der Waals surface area contributed by atoms with Gasteiger partial charge in [0.2, 0.25) is 10.0 Å². The highest BCUT2D eigenvalue weighted by Gasteiger charge is 2.10. The van der Waals surface area contributed by atoms with Gasteiger partial charge >= 0.3 is 0 Å². The average Bonchev–Trinajstić information content (AvgIpc) is 2.78. The SMILES string of the molecule is CS(=O)(=O)n1ccc(NC(=O)c2ccccn2)c1. The maximum Gasteiger partial charge on any atom is 0.274 e. The maximum absolute atomic E-state index is 11.7. The summed E-state index contributed by atoms with van der Waals surface area (Å²) in [6, 6.07) is 6.48. The first-order chi connectivity index (χ1) is 8.47. The van der Waals surface area contributed by atoms with Crippen LogP contribution in [0.1, 0.15) is 10.5 Å². The van der Waals surface area contributed by atoms with Gasteiger partial charge in [0.1, 0.15) is 5.69 Å². The highest BCUT2D eigenvalue weighted by atomic mass is 32.2. The Morgan fingerprint density at radius 1 is 1.33 bits per heavy atom. The lowest BCUT2D eigenvalue weighted by molar-refractivity contribution is 0.102. The molecule has 0 spiro atoms. The predicted molar refractivity (Wildman–Crippen MR) is 66.9 cm³/mol. The number of hydrogen-bond donors (Lipinski definition) is 1. The summed E-state index contributed by atoms with van der Waals surface area (Å²) in [5.74, 6) is -0.387. The first-order valence-electron chi connectivity index (χ1n) is 5.08. The molecule has 0 atom stereocenters. The molecule has 0 unspecified atom stereocenters. The molecular weight excluding hydrogens is 254 g/mol. The number of nitrogens with zero attached hydrogens (tertiary/aromatic N) is 2. The van der Waals surface area contributed by atoms with Crippen LogP contribution in [0.25, 0.3) is 0 Å². The van der Waals surface area contributed by atoms with E-state index < -0.39 is 10.0 Å². The quantitative estimate of drug-likeness (QED) is 0.895. The van der Waals surface area contributed by atoms with Crippen LogP contribution in [0.2, 0.25) is 0 Å². The number of aromatic nitrogens is 2. The molecule has 0 fully saturated rings. The van der Waals surface area contributed by atoms with Gasteiger partial charge in [-0.15, -0.1) is 0 Å². The van der Waals surface area contributed by atoms with E-state index in [1.165, 1.54) is 24.7 Å². The van der Waals surface area contributed by atoms with Gasteiger partial charge in [-0.3, -0.25) is 13.8 Å². The molecule has 0 aliphatic carbocycles. The first kappa shape index (κ1) is 12.3. The molecule has 2 aromatic heterocycles. The zero-order valence-electron chi connectivity index (χ0n) is 9.57. The number of anilines is 1. The topological polar surface area (TPSA) is 81.1 Å². The van der Waals surface area contributed by atoms with E-state index in [2.05, 4.69) is 10.3 Å². The highest BCUT2D eigenvalue weighted by molar-refractivity contribution is 7.89. The number of rotatable bonds is 3. The normalized spacial score (nSPS) is 11.2. The van der Waals surface area contributed by atoms with Crippen molar-refractivity contribution in [3.63, 3.8) is 0 Å². The second kappa shape index (κ2) is 4.61. The Morgan fingerprint density at radius 3 is 2.67 bits per heavy atom. The standard InChI is InChI=1S/C11H11N3O3S/c1-18(16,17)14-7-5-9(8-14)13-11(15)10-4-2-3-6-12-10/h2-8H,1H3,(H,13,15). The molecule has 2 aromatic rings. The van der Waals surface area contributed by atoms with Crippen LogP contribution in [-0.4, -0.2) is 29.5 Å². The molecule has 2 heterocycles. The fraction of sp³-hybridized carbons (Fsp3) is 0.0909. The minimum absolute atomic E-state index is 0.268. The van der Waals surface area contributed by atoms with Gasteiger partial charge in [-0.05, 0) is 18.2 Å². The Balaban J connectivity index is 2.16. The van der Waals surface area contributed by atoms with Crippen LogP contribution in [0.15, 0.2) is 42.9 Å². The average molecular weight is 265 g/mol. The van der Waals surface area contributed by atoms with Gasteiger partial charge in [-0.2, -0.15) is 0 Å². The Hall–Kier alpha value is -2.15. The van der Waals surface area contributed by atoms with Gasteiger partial charge in [0.15, 0.2) is 0 Å². The Kier molecular flexibility index (Phi) is 3.15. The van der Waals surface area contributed by atoms with Crippen molar-refractivity contribution in [3.05, 3.63) is 48.5 Å². The molecule has 1 N–H and O–H groups in total. The fourth-order valence-corrected chi connectivity index (χ4v) is 1.94. The Bertz CT molecular complexity index is 662. The summed E-state index contributed by atoms with van der Waals surface area (Å²) in [6.07, 6.45) is 5.29. The Labute approximate surface area is 104 Å². The van der Waals surface area contributed by atoms with E-state index in [9.17, 15) is 13.2 Å². The van der Waals surface area contributed by atoms with Crippen molar-refractivity contribution in [1.82, 2.24) is 8.96 Å². The lowest BCUT2D eigenvalue weighted by atomic mass is 10.3. The van der Waals surface area contributed by atoms with Crippen molar-refractivity contribution < 1.29 is 13.2 Å². The number of hydrogen-bond acceptors (Lipinski definition) is 4. The zero-order valence-corrected chi connectivity index (χ0v) is 10.4. The van der Waals surface area contributed by atoms with Gasteiger partial charge < -0.3 is 5.32 Å². The molecule has 1 amide bonds. The van der Waals surface area contributed by atoms with Crippen molar-refractivity contribution in [1.29, 1.82) is 0 Å². The van der Waals surface area contributed by atoms with Crippen LogP contribution in [0.3, 0.4) is 0 Å². The van der Waals surface area contributed by atoms with Crippen LogP contribution in [0, 0.1) is 0 Å². The second-order valence-electron chi connectivity index (χ2n) is 3.66. The molecule has 18 heavy (non-hydrogen) atoms. The molecule has 0 aliphatic heterocycles. The van der Waals surface area contributed by atoms with E-state index in [0.717, 1.165) is 10.2 Å². The van der Waals surface area contributed by atoms with E-state index >= 15 is 0 Å². The third kappa shape index (κ3) is 2.75. The number of amides is 1. The summed E-state index contributed by atoms with van der Waals surface area (Å²) in [6.45, 7) is 0. The summed E-state index contributed by atoms with van der Waals surface area (Å²) in [7, 11) is -3.33. The summed E-state index contributed by atoms with van der Waals surface area (Å²) in [5, 5.41) is 2.56. The van der Waals surface area contributed by atoms with Crippen LogP contribution in [-0.2, 0) is 10.0 Å². The van der Waals surface area contributed by atoms with Crippen LogP contribution >= 0.6 is 0 Å². The Morgan fingerprint density at radius 2 is 2.11 bits per heavy atom. The molecule has 0 aliphatic rings. The van der Waals surface area contributed by atoms with Crippen molar-refractivity contribution >= 4 is 21.6 Å². The first-order valence-corrected chi connectivity index (χ1v) is 6.92. The molecule has 94 valence electrons. The molecule has 0 saturated heterocycles. The molecule has 0 aromatic carbocycles. The van der Waals surface area contributed by atoms with Gasteiger partial charge in [0.25, 0.3) is 5.91 Å². The van der Waals surface area contributed by atoms with Crippen molar-refractivity contribution in [2.75, 3.05) is 11.6 Å². The van der Waals surface area contributed by atoms with Crippen molar-refractivity contribution in [2.45, 2.75) is 0 Å². The molecular formula is C11H11N3O3S. The molecule has 0 saturated carbocycles. The van der Waals surface area contributed by atoms with E-state index in [1.54, 1.807) is 18.2 Å².